The van der Waals surface area contributed by atoms with Crippen molar-refractivity contribution in [2.45, 2.75) is 20.3 Å². The average Bonchev–Trinajstić information content (AvgIpc) is 2.34. The van der Waals surface area contributed by atoms with Crippen LogP contribution in [0, 0.1) is 5.41 Å². The summed E-state index contributed by atoms with van der Waals surface area (Å²) in [6, 6.07) is 5.26. The third-order valence-electron chi connectivity index (χ3n) is 2.80. The molecule has 0 heterocycles. The quantitative estimate of drug-likeness (QED) is 0.596. The lowest BCUT2D eigenvalue weighted by Crippen LogP contribution is -2.30. The molecule has 0 aliphatic heterocycles. The van der Waals surface area contributed by atoms with Crippen LogP contribution >= 0.6 is 23.2 Å². The van der Waals surface area contributed by atoms with Gasteiger partial charge in [0, 0.05) is 10.0 Å². The van der Waals surface area contributed by atoms with Crippen LogP contribution in [0.15, 0.2) is 30.9 Å². The maximum Gasteiger partial charge on any atom is 0.315 e. The second-order valence-corrected chi connectivity index (χ2v) is 5.03. The minimum atomic E-state index is -0.829. The van der Waals surface area contributed by atoms with E-state index in [1.54, 1.807) is 38.1 Å². The van der Waals surface area contributed by atoms with Crippen LogP contribution in [-0.4, -0.2) is 12.6 Å². The second kappa shape index (κ2) is 6.26. The van der Waals surface area contributed by atoms with Crippen LogP contribution in [-0.2, 0) is 16.0 Å². The van der Waals surface area contributed by atoms with Gasteiger partial charge in [-0.25, -0.2) is 0 Å². The topological polar surface area (TPSA) is 26.3 Å². The van der Waals surface area contributed by atoms with Crippen LogP contribution < -0.4 is 0 Å². The highest BCUT2D eigenvalue weighted by molar-refractivity contribution is 6.36. The Labute approximate surface area is 118 Å². The van der Waals surface area contributed by atoms with Gasteiger partial charge in [0.15, 0.2) is 0 Å². The van der Waals surface area contributed by atoms with Gasteiger partial charge in [-0.2, -0.15) is 0 Å². The summed E-state index contributed by atoms with van der Waals surface area (Å²) in [4.78, 5) is 11.9. The lowest BCUT2D eigenvalue weighted by atomic mass is 9.83. The Morgan fingerprint density at radius 3 is 2.44 bits per heavy atom. The summed E-state index contributed by atoms with van der Waals surface area (Å²) in [7, 11) is 0. The van der Waals surface area contributed by atoms with Gasteiger partial charge < -0.3 is 4.74 Å². The summed E-state index contributed by atoms with van der Waals surface area (Å²) in [5.41, 5.74) is -0.0961. The minimum Gasteiger partial charge on any atom is -0.465 e. The zero-order valence-corrected chi connectivity index (χ0v) is 12.0. The van der Waals surface area contributed by atoms with E-state index in [-0.39, 0.29) is 5.97 Å². The number of hydrogen-bond donors (Lipinski definition) is 0. The van der Waals surface area contributed by atoms with Crippen molar-refractivity contribution in [3.63, 3.8) is 0 Å². The van der Waals surface area contributed by atoms with Gasteiger partial charge in [-0.3, -0.25) is 4.79 Å². The van der Waals surface area contributed by atoms with E-state index in [0.717, 1.165) is 5.56 Å². The number of rotatable bonds is 5. The maximum atomic E-state index is 11.9. The molecule has 0 radical (unpaired) electrons. The summed E-state index contributed by atoms with van der Waals surface area (Å²) < 4.78 is 5.05. The van der Waals surface area contributed by atoms with Crippen LogP contribution in [0.4, 0.5) is 0 Å². The van der Waals surface area contributed by atoms with E-state index in [9.17, 15) is 4.79 Å². The number of esters is 1. The number of halogens is 2. The van der Waals surface area contributed by atoms with Crippen molar-refractivity contribution in [2.24, 2.45) is 5.41 Å². The normalized spacial score (nSPS) is 13.8. The molecule has 0 N–H and O–H groups in total. The van der Waals surface area contributed by atoms with E-state index < -0.39 is 5.41 Å². The van der Waals surface area contributed by atoms with Gasteiger partial charge in [-0.05, 0) is 38.0 Å². The number of benzene rings is 1. The van der Waals surface area contributed by atoms with E-state index >= 15 is 0 Å². The number of ether oxygens (including phenoxy) is 1. The molecule has 1 aromatic carbocycles. The Balaban J connectivity index is 3.06. The van der Waals surface area contributed by atoms with Crippen molar-refractivity contribution >= 4 is 29.2 Å². The predicted molar refractivity (Wildman–Crippen MR) is 75.1 cm³/mol. The van der Waals surface area contributed by atoms with Crippen LogP contribution in [0.5, 0.6) is 0 Å². The molecule has 98 valence electrons. The van der Waals surface area contributed by atoms with Crippen LogP contribution in [0.3, 0.4) is 0 Å². The molecule has 0 saturated heterocycles. The summed E-state index contributed by atoms with van der Waals surface area (Å²) in [6.45, 7) is 7.57. The van der Waals surface area contributed by atoms with E-state index in [1.807, 2.05) is 0 Å². The molecule has 0 saturated carbocycles. The van der Waals surface area contributed by atoms with E-state index in [1.165, 1.54) is 0 Å². The second-order valence-electron chi connectivity index (χ2n) is 4.22. The standard InChI is InChI=1S/C14H16Cl2O2/c1-4-14(3,13(17)18-5-2)9-10-11(15)7-6-8-12(10)16/h4,6-8H,1,5,9H2,2-3H3. The first-order valence-electron chi connectivity index (χ1n) is 5.68. The monoisotopic (exact) mass is 286 g/mol. The molecule has 2 nitrogen and oxygen atoms in total. The smallest absolute Gasteiger partial charge is 0.315 e. The molecular formula is C14H16Cl2O2. The first-order valence-corrected chi connectivity index (χ1v) is 6.44. The third-order valence-corrected chi connectivity index (χ3v) is 3.51. The summed E-state index contributed by atoms with van der Waals surface area (Å²) in [6.07, 6.45) is 1.94. The maximum absolute atomic E-state index is 11.9. The molecule has 0 fully saturated rings. The average molecular weight is 287 g/mol. The predicted octanol–water partition coefficient (Wildman–Crippen LogP) is 4.29. The Hall–Kier alpha value is -0.990. The van der Waals surface area contributed by atoms with Crippen LogP contribution in [0.2, 0.25) is 10.0 Å². The molecule has 0 amide bonds. The fourth-order valence-electron chi connectivity index (χ4n) is 1.59. The largest absolute Gasteiger partial charge is 0.465 e. The number of carbonyl (C=O) groups is 1. The van der Waals surface area contributed by atoms with Crippen molar-refractivity contribution in [3.8, 4) is 0 Å². The van der Waals surface area contributed by atoms with Crippen molar-refractivity contribution in [1.82, 2.24) is 0 Å². The summed E-state index contributed by atoms with van der Waals surface area (Å²) >= 11 is 12.2. The van der Waals surface area contributed by atoms with Gasteiger partial charge in [0.25, 0.3) is 0 Å². The lowest BCUT2D eigenvalue weighted by molar-refractivity contribution is -0.151. The third kappa shape index (κ3) is 3.27. The highest BCUT2D eigenvalue weighted by Gasteiger charge is 2.33. The molecule has 1 atom stereocenters. The highest BCUT2D eigenvalue weighted by Crippen LogP contribution is 2.33. The molecule has 18 heavy (non-hydrogen) atoms. The van der Waals surface area contributed by atoms with Crippen molar-refractivity contribution in [2.75, 3.05) is 6.61 Å². The molecule has 0 spiro atoms. The fraction of sp³-hybridized carbons (Fsp3) is 0.357. The van der Waals surface area contributed by atoms with Crippen LogP contribution in [0.25, 0.3) is 0 Å². The summed E-state index contributed by atoms with van der Waals surface area (Å²) in [5, 5.41) is 1.08. The van der Waals surface area contributed by atoms with E-state index in [2.05, 4.69) is 6.58 Å². The molecular weight excluding hydrogens is 271 g/mol. The SMILES string of the molecule is C=CC(C)(Cc1c(Cl)cccc1Cl)C(=O)OCC. The number of carbonyl (C=O) groups excluding carboxylic acids is 1. The minimum absolute atomic E-state index is 0.323. The fourth-order valence-corrected chi connectivity index (χ4v) is 2.12. The van der Waals surface area contributed by atoms with Crippen molar-refractivity contribution < 1.29 is 9.53 Å². The lowest BCUT2D eigenvalue weighted by Gasteiger charge is -2.24. The van der Waals surface area contributed by atoms with Crippen LogP contribution in [0.1, 0.15) is 19.4 Å². The Morgan fingerprint density at radius 1 is 1.44 bits per heavy atom. The highest BCUT2D eigenvalue weighted by atomic mass is 35.5. The van der Waals surface area contributed by atoms with Gasteiger partial charge in [0.1, 0.15) is 0 Å². The molecule has 0 aliphatic carbocycles. The molecule has 1 unspecified atom stereocenters. The van der Waals surface area contributed by atoms with E-state index in [4.69, 9.17) is 27.9 Å². The summed E-state index contributed by atoms with van der Waals surface area (Å²) in [5.74, 6) is -0.323. The molecule has 4 heteroatoms. The van der Waals surface area contributed by atoms with Gasteiger partial charge in [-0.1, -0.05) is 35.3 Å². The molecule has 0 bridgehead atoms. The van der Waals surface area contributed by atoms with Gasteiger partial charge >= 0.3 is 5.97 Å². The van der Waals surface area contributed by atoms with Crippen molar-refractivity contribution in [1.29, 1.82) is 0 Å². The number of hydrogen-bond acceptors (Lipinski definition) is 2. The first-order chi connectivity index (χ1) is 8.44. The Kier molecular flexibility index (Phi) is 5.24. The van der Waals surface area contributed by atoms with Gasteiger partial charge in [0.2, 0.25) is 0 Å². The van der Waals surface area contributed by atoms with E-state index in [0.29, 0.717) is 23.1 Å². The first kappa shape index (κ1) is 15.1. The van der Waals surface area contributed by atoms with Crippen molar-refractivity contribution in [3.05, 3.63) is 46.5 Å². The van der Waals surface area contributed by atoms with Gasteiger partial charge in [-0.15, -0.1) is 6.58 Å². The zero-order chi connectivity index (χ0) is 13.8. The molecule has 0 aromatic heterocycles. The van der Waals surface area contributed by atoms with Gasteiger partial charge in [0.05, 0.1) is 12.0 Å². The zero-order valence-electron chi connectivity index (χ0n) is 10.5. The molecule has 0 aliphatic rings. The Morgan fingerprint density at radius 2 is 2.00 bits per heavy atom. The molecule has 1 aromatic rings. The molecule has 1 rings (SSSR count). The Bertz CT molecular complexity index is 437.